The van der Waals surface area contributed by atoms with E-state index in [1.54, 1.807) is 18.3 Å². The van der Waals surface area contributed by atoms with Crippen molar-refractivity contribution in [2.75, 3.05) is 0 Å². The number of aromatic hydroxyl groups is 1. The van der Waals surface area contributed by atoms with Gasteiger partial charge in [0.2, 0.25) is 0 Å². The number of aliphatic imine (C=N–C) groups is 1. The molecule has 0 atom stereocenters. The van der Waals surface area contributed by atoms with Crippen molar-refractivity contribution in [3.63, 3.8) is 0 Å². The molecule has 0 spiro atoms. The summed E-state index contributed by atoms with van der Waals surface area (Å²) in [5.41, 5.74) is 2.67. The number of rotatable bonds is 18. The molecule has 0 unspecified atom stereocenters. The molecule has 0 aliphatic rings. The number of esters is 1. The maximum absolute atomic E-state index is 12.1. The van der Waals surface area contributed by atoms with Crippen molar-refractivity contribution < 1.29 is 14.6 Å². The molecule has 0 fully saturated rings. The molecule has 0 aliphatic heterocycles. The molecule has 0 radical (unpaired) electrons. The molecule has 0 saturated heterocycles. The second-order valence-corrected chi connectivity index (χ2v) is 9.47. The zero-order valence-electron chi connectivity index (χ0n) is 21.9. The predicted molar refractivity (Wildman–Crippen MR) is 147 cm³/mol. The molecule has 2 rings (SSSR count). The second kappa shape index (κ2) is 17.8. The van der Waals surface area contributed by atoms with Gasteiger partial charge >= 0.3 is 5.97 Å². The van der Waals surface area contributed by atoms with Crippen molar-refractivity contribution in [2.24, 2.45) is 4.99 Å². The van der Waals surface area contributed by atoms with Gasteiger partial charge in [0.25, 0.3) is 0 Å². The van der Waals surface area contributed by atoms with E-state index in [1.807, 2.05) is 24.3 Å². The van der Waals surface area contributed by atoms with Gasteiger partial charge in [0.15, 0.2) is 0 Å². The van der Waals surface area contributed by atoms with Crippen LogP contribution in [0.3, 0.4) is 0 Å². The van der Waals surface area contributed by atoms with Gasteiger partial charge in [-0.05, 0) is 42.7 Å². The van der Waals surface area contributed by atoms with Gasteiger partial charge in [-0.3, -0.25) is 9.79 Å². The zero-order valence-corrected chi connectivity index (χ0v) is 21.9. The van der Waals surface area contributed by atoms with Gasteiger partial charge in [0.05, 0.1) is 5.69 Å². The lowest BCUT2D eigenvalue weighted by atomic mass is 10.0. The van der Waals surface area contributed by atoms with Crippen molar-refractivity contribution in [2.45, 2.75) is 110 Å². The minimum Gasteiger partial charge on any atom is -0.507 e. The molecule has 0 amide bonds. The molecule has 0 aliphatic carbocycles. The van der Waals surface area contributed by atoms with E-state index < -0.39 is 0 Å². The van der Waals surface area contributed by atoms with Crippen molar-refractivity contribution in [1.82, 2.24) is 0 Å². The Balaban J connectivity index is 1.57. The highest BCUT2D eigenvalue weighted by Gasteiger charge is 2.07. The SMILES string of the molecule is CCCCCCCCCCCCCCCC(=O)Oc1ccc(C=Nc2ccc(CC)cc2)c(O)c1. The third kappa shape index (κ3) is 12.6. The van der Waals surface area contributed by atoms with Gasteiger partial charge in [-0.2, -0.15) is 0 Å². The Kier molecular flexibility index (Phi) is 14.5. The van der Waals surface area contributed by atoms with Gasteiger partial charge < -0.3 is 9.84 Å². The fraction of sp³-hybridized carbons (Fsp3) is 0.548. The molecule has 4 heteroatoms. The highest BCUT2D eigenvalue weighted by molar-refractivity contribution is 5.86. The summed E-state index contributed by atoms with van der Waals surface area (Å²) in [6, 6.07) is 12.9. The Hall–Kier alpha value is -2.62. The minimum atomic E-state index is -0.245. The van der Waals surface area contributed by atoms with Crippen LogP contribution in [0, 0.1) is 0 Å². The normalized spacial score (nSPS) is 11.3. The van der Waals surface area contributed by atoms with Crippen LogP contribution >= 0.6 is 0 Å². The summed E-state index contributed by atoms with van der Waals surface area (Å²) >= 11 is 0. The average molecular weight is 480 g/mol. The van der Waals surface area contributed by atoms with Gasteiger partial charge in [0, 0.05) is 24.3 Å². The van der Waals surface area contributed by atoms with Crippen LogP contribution in [-0.4, -0.2) is 17.3 Å². The summed E-state index contributed by atoms with van der Waals surface area (Å²) in [5.74, 6) is 0.168. The smallest absolute Gasteiger partial charge is 0.311 e. The van der Waals surface area contributed by atoms with Crippen molar-refractivity contribution >= 4 is 17.9 Å². The van der Waals surface area contributed by atoms with Gasteiger partial charge in [0.1, 0.15) is 11.5 Å². The first kappa shape index (κ1) is 28.6. The predicted octanol–water partition coefficient (Wildman–Crippen LogP) is 9.09. The summed E-state index contributed by atoms with van der Waals surface area (Å²) < 4.78 is 5.40. The summed E-state index contributed by atoms with van der Waals surface area (Å²) in [6.07, 6.45) is 19.6. The summed E-state index contributed by atoms with van der Waals surface area (Å²) in [6.45, 7) is 4.38. The Morgan fingerprint density at radius 2 is 1.37 bits per heavy atom. The molecule has 0 aromatic heterocycles. The number of benzene rings is 2. The molecule has 4 nitrogen and oxygen atoms in total. The highest BCUT2D eigenvalue weighted by atomic mass is 16.5. The van der Waals surface area contributed by atoms with Crippen LogP contribution in [-0.2, 0) is 11.2 Å². The van der Waals surface area contributed by atoms with Crippen LogP contribution in [0.2, 0.25) is 0 Å². The first-order chi connectivity index (χ1) is 17.1. The lowest BCUT2D eigenvalue weighted by Gasteiger charge is -2.06. The molecule has 0 saturated carbocycles. The Labute approximate surface area is 212 Å². The largest absolute Gasteiger partial charge is 0.507 e. The Bertz CT molecular complexity index is 873. The summed E-state index contributed by atoms with van der Waals surface area (Å²) in [5, 5.41) is 10.3. The van der Waals surface area contributed by atoms with E-state index in [0.29, 0.717) is 17.7 Å². The van der Waals surface area contributed by atoms with Crippen LogP contribution in [0.4, 0.5) is 5.69 Å². The van der Waals surface area contributed by atoms with E-state index in [-0.39, 0.29) is 11.7 Å². The molecule has 192 valence electrons. The fourth-order valence-electron chi connectivity index (χ4n) is 4.13. The van der Waals surface area contributed by atoms with E-state index in [2.05, 4.69) is 18.8 Å². The quantitative estimate of drug-likeness (QED) is 0.100. The van der Waals surface area contributed by atoms with Crippen molar-refractivity contribution in [1.29, 1.82) is 0 Å². The van der Waals surface area contributed by atoms with Crippen LogP contribution in [0.25, 0.3) is 0 Å². The van der Waals surface area contributed by atoms with E-state index in [0.717, 1.165) is 24.9 Å². The molecule has 0 heterocycles. The lowest BCUT2D eigenvalue weighted by Crippen LogP contribution is -2.07. The standard InChI is InChI=1S/C31H45NO3/c1-3-5-6-7-8-9-10-11-12-13-14-15-16-17-31(34)35-29-23-20-27(30(33)24-29)25-32-28-21-18-26(4-2)19-22-28/h18-25,33H,3-17H2,1-2H3. The molecule has 2 aromatic carbocycles. The Morgan fingerprint density at radius 1 is 0.800 bits per heavy atom. The number of hydrogen-bond acceptors (Lipinski definition) is 4. The topological polar surface area (TPSA) is 58.9 Å². The van der Waals surface area contributed by atoms with E-state index >= 15 is 0 Å². The molecular weight excluding hydrogens is 434 g/mol. The second-order valence-electron chi connectivity index (χ2n) is 9.47. The monoisotopic (exact) mass is 479 g/mol. The zero-order chi connectivity index (χ0) is 25.1. The molecule has 35 heavy (non-hydrogen) atoms. The van der Waals surface area contributed by atoms with Crippen molar-refractivity contribution in [3.05, 3.63) is 53.6 Å². The lowest BCUT2D eigenvalue weighted by molar-refractivity contribution is -0.134. The number of unbranched alkanes of at least 4 members (excludes halogenated alkanes) is 12. The average Bonchev–Trinajstić information content (AvgIpc) is 2.86. The maximum atomic E-state index is 12.1. The molecule has 0 bridgehead atoms. The van der Waals surface area contributed by atoms with Gasteiger partial charge in [-0.1, -0.05) is 103 Å². The number of hydrogen-bond donors (Lipinski definition) is 1. The van der Waals surface area contributed by atoms with Gasteiger partial charge in [-0.15, -0.1) is 0 Å². The number of phenolic OH excluding ortho intramolecular Hbond substituents is 1. The van der Waals surface area contributed by atoms with E-state index in [1.165, 1.54) is 82.3 Å². The first-order valence-corrected chi connectivity index (χ1v) is 13.8. The summed E-state index contributed by atoms with van der Waals surface area (Å²) in [4.78, 5) is 16.6. The number of carbonyl (C=O) groups is 1. The van der Waals surface area contributed by atoms with Crippen LogP contribution in [0.5, 0.6) is 11.5 Å². The number of phenols is 1. The van der Waals surface area contributed by atoms with E-state index in [4.69, 9.17) is 4.74 Å². The van der Waals surface area contributed by atoms with Crippen molar-refractivity contribution in [3.8, 4) is 11.5 Å². The highest BCUT2D eigenvalue weighted by Crippen LogP contribution is 2.24. The number of nitrogens with zero attached hydrogens (tertiary/aromatic N) is 1. The molecule has 2 aromatic rings. The Morgan fingerprint density at radius 3 is 1.91 bits per heavy atom. The number of ether oxygens (including phenoxy) is 1. The number of carbonyl (C=O) groups excluding carboxylic acids is 1. The third-order valence-corrected chi connectivity index (χ3v) is 6.42. The molecule has 1 N–H and O–H groups in total. The minimum absolute atomic E-state index is 0.0465. The number of aryl methyl sites for hydroxylation is 1. The van der Waals surface area contributed by atoms with Gasteiger partial charge in [-0.25, -0.2) is 0 Å². The maximum Gasteiger partial charge on any atom is 0.311 e. The fourth-order valence-corrected chi connectivity index (χ4v) is 4.13. The van der Waals surface area contributed by atoms with Crippen LogP contribution in [0.1, 0.15) is 115 Å². The van der Waals surface area contributed by atoms with Crippen LogP contribution < -0.4 is 4.74 Å². The molecular formula is C31H45NO3. The van der Waals surface area contributed by atoms with E-state index in [9.17, 15) is 9.90 Å². The van der Waals surface area contributed by atoms with Crippen LogP contribution in [0.15, 0.2) is 47.5 Å². The third-order valence-electron chi connectivity index (χ3n) is 6.42. The summed E-state index contributed by atoms with van der Waals surface area (Å²) in [7, 11) is 0. The first-order valence-electron chi connectivity index (χ1n) is 13.8.